The molecule has 0 bridgehead atoms. The zero-order valence-corrected chi connectivity index (χ0v) is 14.5. The van der Waals surface area contributed by atoms with E-state index in [0.29, 0.717) is 0 Å². The van der Waals surface area contributed by atoms with Gasteiger partial charge in [0.15, 0.2) is 5.78 Å². The molecule has 0 aromatic heterocycles. The molecular weight excluding hydrogens is 284 g/mol. The van der Waals surface area contributed by atoms with E-state index in [4.69, 9.17) is 0 Å². The molecule has 3 nitrogen and oxygen atoms in total. The third-order valence-corrected chi connectivity index (χ3v) is 4.14. The van der Waals surface area contributed by atoms with Gasteiger partial charge in [0.05, 0.1) is 0 Å². The zero-order chi connectivity index (χ0) is 16.8. The lowest BCUT2D eigenvalue weighted by Crippen LogP contribution is -2.22. The first-order valence-corrected chi connectivity index (χ1v) is 8.21. The molecule has 1 aliphatic heterocycles. The molecule has 3 heteroatoms. The Labute approximate surface area is 139 Å². The van der Waals surface area contributed by atoms with E-state index in [1.807, 2.05) is 25.3 Å². The van der Waals surface area contributed by atoms with Crippen LogP contribution in [0.2, 0.25) is 0 Å². The summed E-state index contributed by atoms with van der Waals surface area (Å²) in [5.41, 5.74) is 4.03. The van der Waals surface area contributed by atoms with Crippen molar-refractivity contribution in [3.63, 3.8) is 0 Å². The van der Waals surface area contributed by atoms with Crippen molar-refractivity contribution in [3.8, 4) is 0 Å². The monoisotopic (exact) mass is 310 g/mol. The number of nitrogens with zero attached hydrogens (tertiary/aromatic N) is 2. The van der Waals surface area contributed by atoms with E-state index in [1.54, 1.807) is 6.92 Å². The van der Waals surface area contributed by atoms with Crippen molar-refractivity contribution in [2.75, 3.05) is 31.6 Å². The molecule has 0 N–H and O–H groups in total. The van der Waals surface area contributed by atoms with Crippen molar-refractivity contribution in [3.05, 3.63) is 59.3 Å². The lowest BCUT2D eigenvalue weighted by Gasteiger charge is -2.22. The van der Waals surface area contributed by atoms with Gasteiger partial charge in [-0.2, -0.15) is 0 Å². The van der Waals surface area contributed by atoms with E-state index >= 15 is 0 Å². The summed E-state index contributed by atoms with van der Waals surface area (Å²) in [6, 6.07) is 6.14. The van der Waals surface area contributed by atoms with Crippen LogP contribution >= 0.6 is 0 Å². The summed E-state index contributed by atoms with van der Waals surface area (Å²) in [6.07, 6.45) is 10.4. The van der Waals surface area contributed by atoms with Crippen LogP contribution in [0.1, 0.15) is 36.7 Å². The molecule has 122 valence electrons. The van der Waals surface area contributed by atoms with Gasteiger partial charge in [-0.15, -0.1) is 0 Å². The Morgan fingerprint density at radius 2 is 2.00 bits per heavy atom. The van der Waals surface area contributed by atoms with Gasteiger partial charge < -0.3 is 9.80 Å². The Hall–Kier alpha value is -2.29. The lowest BCUT2D eigenvalue weighted by molar-refractivity contribution is 0.101. The molecule has 0 radical (unpaired) electrons. The van der Waals surface area contributed by atoms with Gasteiger partial charge >= 0.3 is 0 Å². The maximum absolute atomic E-state index is 12.0. The molecule has 0 amide bonds. The summed E-state index contributed by atoms with van der Waals surface area (Å²) in [6.45, 7) is 8.68. The number of Topliss-reactive ketones (excluding diaryl/α,β-unsaturated/α-hetero) is 1. The van der Waals surface area contributed by atoms with Crippen LogP contribution in [-0.4, -0.2) is 37.4 Å². The largest absolute Gasteiger partial charge is 0.377 e. The predicted octanol–water partition coefficient (Wildman–Crippen LogP) is 4.13. The van der Waals surface area contributed by atoms with Crippen LogP contribution < -0.4 is 4.90 Å². The van der Waals surface area contributed by atoms with Crippen LogP contribution in [0.25, 0.3) is 6.08 Å². The number of allylic oxidation sites excluding steroid dienone is 3. The third kappa shape index (κ3) is 4.35. The van der Waals surface area contributed by atoms with Crippen molar-refractivity contribution in [1.29, 1.82) is 0 Å². The first-order valence-electron chi connectivity index (χ1n) is 8.21. The average Bonchev–Trinajstić information content (AvgIpc) is 2.56. The number of carbonyl (C=O) groups is 1. The van der Waals surface area contributed by atoms with Crippen LogP contribution in [0, 0.1) is 0 Å². The van der Waals surface area contributed by atoms with Gasteiger partial charge in [-0.25, -0.2) is 0 Å². The highest BCUT2D eigenvalue weighted by atomic mass is 16.1. The molecule has 0 fully saturated rings. The zero-order valence-electron chi connectivity index (χ0n) is 14.5. The molecule has 0 aliphatic carbocycles. The second-order valence-electron chi connectivity index (χ2n) is 5.79. The standard InChI is InChI=1S/C20H26N2O/c1-5-22(6-2)19-10-9-18(20(15-19)16(3)23)8-7-17-11-13-21(4)14-12-17/h7-13,15H,5-6,14H2,1-4H3. The molecule has 0 saturated heterocycles. The molecule has 1 aromatic carbocycles. The van der Waals surface area contributed by atoms with Gasteiger partial charge in [-0.1, -0.05) is 24.3 Å². The van der Waals surface area contributed by atoms with Crippen LogP contribution in [0.4, 0.5) is 5.69 Å². The van der Waals surface area contributed by atoms with Crippen molar-refractivity contribution >= 4 is 17.5 Å². The minimum absolute atomic E-state index is 0.103. The summed E-state index contributed by atoms with van der Waals surface area (Å²) in [4.78, 5) is 16.4. The van der Waals surface area contributed by atoms with Gasteiger partial charge in [0, 0.05) is 37.9 Å². The highest BCUT2D eigenvalue weighted by molar-refractivity contribution is 5.98. The lowest BCUT2D eigenvalue weighted by atomic mass is 10.0. The smallest absolute Gasteiger partial charge is 0.160 e. The van der Waals surface area contributed by atoms with Crippen LogP contribution in [0.15, 0.2) is 48.2 Å². The van der Waals surface area contributed by atoms with E-state index in [0.717, 1.165) is 36.4 Å². The normalized spacial score (nSPS) is 14.3. The Kier molecular flexibility index (Phi) is 5.80. The Balaban J connectivity index is 2.28. The average molecular weight is 310 g/mol. The fraction of sp³-hybridized carbons (Fsp3) is 0.350. The fourth-order valence-corrected chi connectivity index (χ4v) is 2.68. The number of rotatable bonds is 6. The molecule has 1 heterocycles. The topological polar surface area (TPSA) is 23.6 Å². The fourth-order valence-electron chi connectivity index (χ4n) is 2.68. The van der Waals surface area contributed by atoms with E-state index in [-0.39, 0.29) is 5.78 Å². The van der Waals surface area contributed by atoms with E-state index < -0.39 is 0 Å². The molecule has 0 spiro atoms. The van der Waals surface area contributed by atoms with Crippen molar-refractivity contribution < 1.29 is 4.79 Å². The van der Waals surface area contributed by atoms with Gasteiger partial charge in [-0.3, -0.25) is 4.79 Å². The Morgan fingerprint density at radius 1 is 1.26 bits per heavy atom. The molecule has 23 heavy (non-hydrogen) atoms. The molecule has 0 unspecified atom stereocenters. The van der Waals surface area contributed by atoms with Crippen LogP contribution in [0.3, 0.4) is 0 Å². The third-order valence-electron chi connectivity index (χ3n) is 4.14. The molecular formula is C20H26N2O. The minimum atomic E-state index is 0.103. The number of likely N-dealkylation sites (N-methyl/N-ethyl adjacent to an activating group) is 1. The molecule has 2 rings (SSSR count). The molecule has 1 aliphatic rings. The number of benzene rings is 1. The van der Waals surface area contributed by atoms with E-state index in [9.17, 15) is 4.79 Å². The summed E-state index contributed by atoms with van der Waals surface area (Å²) in [7, 11) is 2.05. The Morgan fingerprint density at radius 3 is 2.57 bits per heavy atom. The van der Waals surface area contributed by atoms with Gasteiger partial charge in [0.2, 0.25) is 0 Å². The second-order valence-corrected chi connectivity index (χ2v) is 5.79. The van der Waals surface area contributed by atoms with Gasteiger partial charge in [0.25, 0.3) is 0 Å². The van der Waals surface area contributed by atoms with E-state index in [2.05, 4.69) is 54.1 Å². The number of carbonyl (C=O) groups excluding carboxylic acids is 1. The quantitative estimate of drug-likeness (QED) is 0.738. The minimum Gasteiger partial charge on any atom is -0.377 e. The highest BCUT2D eigenvalue weighted by Gasteiger charge is 2.09. The van der Waals surface area contributed by atoms with Crippen molar-refractivity contribution in [2.24, 2.45) is 0 Å². The van der Waals surface area contributed by atoms with Crippen LogP contribution in [-0.2, 0) is 0 Å². The molecule has 1 aromatic rings. The first-order chi connectivity index (χ1) is 11.0. The van der Waals surface area contributed by atoms with Crippen molar-refractivity contribution in [2.45, 2.75) is 20.8 Å². The summed E-state index contributed by atoms with van der Waals surface area (Å²) in [5.74, 6) is 0.103. The summed E-state index contributed by atoms with van der Waals surface area (Å²) in [5, 5.41) is 0. The summed E-state index contributed by atoms with van der Waals surface area (Å²) >= 11 is 0. The summed E-state index contributed by atoms with van der Waals surface area (Å²) < 4.78 is 0. The number of anilines is 1. The second kappa shape index (κ2) is 7.82. The van der Waals surface area contributed by atoms with Crippen LogP contribution in [0.5, 0.6) is 0 Å². The highest BCUT2D eigenvalue weighted by Crippen LogP contribution is 2.22. The van der Waals surface area contributed by atoms with Crippen molar-refractivity contribution in [1.82, 2.24) is 4.90 Å². The Bertz CT molecular complexity index is 652. The maximum atomic E-state index is 12.0. The maximum Gasteiger partial charge on any atom is 0.160 e. The van der Waals surface area contributed by atoms with E-state index in [1.165, 1.54) is 5.57 Å². The predicted molar refractivity (Wildman–Crippen MR) is 98.9 cm³/mol. The molecule has 0 atom stereocenters. The van der Waals surface area contributed by atoms with Gasteiger partial charge in [-0.05, 0) is 56.3 Å². The number of ketones is 1. The SMILES string of the molecule is CCN(CC)c1ccc(C=CC2=CCN(C)C=C2)c(C(C)=O)c1. The molecule has 0 saturated carbocycles. The van der Waals surface area contributed by atoms with Gasteiger partial charge in [0.1, 0.15) is 0 Å². The first kappa shape index (κ1) is 17.1. The number of hydrogen-bond donors (Lipinski definition) is 0. The number of hydrogen-bond acceptors (Lipinski definition) is 3.